The van der Waals surface area contributed by atoms with E-state index >= 15 is 0 Å². The van der Waals surface area contributed by atoms with Gasteiger partial charge in [0.25, 0.3) is 0 Å². The zero-order chi connectivity index (χ0) is 16.2. The van der Waals surface area contributed by atoms with Crippen LogP contribution in [0.4, 0.5) is 13.2 Å². The predicted octanol–water partition coefficient (Wildman–Crippen LogP) is 4.76. The first kappa shape index (κ1) is 16.5. The molecule has 0 amide bonds. The Morgan fingerprint density at radius 3 is 2.36 bits per heavy atom. The fourth-order valence-electron chi connectivity index (χ4n) is 1.83. The van der Waals surface area contributed by atoms with Crippen molar-refractivity contribution in [3.63, 3.8) is 0 Å². The monoisotopic (exact) mass is 328 g/mol. The lowest BCUT2D eigenvalue weighted by Crippen LogP contribution is -2.11. The fraction of sp³-hybridized carbons (Fsp3) is 0.188. The molecular weight excluding hydrogens is 317 g/mol. The Bertz CT molecular complexity index is 654. The van der Waals surface area contributed by atoms with Crippen molar-refractivity contribution in [3.8, 4) is 0 Å². The maximum atomic E-state index is 12.5. The van der Waals surface area contributed by atoms with Gasteiger partial charge in [-0.2, -0.15) is 13.2 Å². The summed E-state index contributed by atoms with van der Waals surface area (Å²) in [6.07, 6.45) is -4.49. The van der Waals surface area contributed by atoms with Crippen molar-refractivity contribution in [2.45, 2.75) is 12.8 Å². The molecule has 0 N–H and O–H groups in total. The zero-order valence-electron chi connectivity index (χ0n) is 11.4. The molecule has 2 rings (SSSR count). The molecule has 0 bridgehead atoms. The SMILES string of the molecule is O=C(COCc1ccccc1)c1ccc(C(F)(F)F)cc1Cl. The molecule has 0 atom stereocenters. The lowest BCUT2D eigenvalue weighted by molar-refractivity contribution is -0.137. The Morgan fingerprint density at radius 2 is 1.77 bits per heavy atom. The van der Waals surface area contributed by atoms with Crippen LogP contribution in [0.15, 0.2) is 48.5 Å². The number of benzene rings is 2. The number of ketones is 1. The summed E-state index contributed by atoms with van der Waals surface area (Å²) in [7, 11) is 0. The number of Topliss-reactive ketones (excluding diaryl/α,β-unsaturated/α-hetero) is 1. The summed E-state index contributed by atoms with van der Waals surface area (Å²) in [5.41, 5.74) is 0.0239. The normalized spacial score (nSPS) is 11.5. The number of hydrogen-bond donors (Lipinski definition) is 0. The van der Waals surface area contributed by atoms with Gasteiger partial charge in [0.15, 0.2) is 5.78 Å². The van der Waals surface area contributed by atoms with E-state index in [1.807, 2.05) is 30.3 Å². The van der Waals surface area contributed by atoms with E-state index in [0.29, 0.717) is 0 Å². The molecule has 0 radical (unpaired) electrons. The highest BCUT2D eigenvalue weighted by atomic mass is 35.5. The van der Waals surface area contributed by atoms with Crippen LogP contribution in [0.3, 0.4) is 0 Å². The van der Waals surface area contributed by atoms with Crippen LogP contribution >= 0.6 is 11.6 Å². The molecule has 0 saturated heterocycles. The summed E-state index contributed by atoms with van der Waals surface area (Å²) in [6, 6.07) is 11.9. The van der Waals surface area contributed by atoms with Crippen LogP contribution in [0.5, 0.6) is 0 Å². The third kappa shape index (κ3) is 4.32. The number of carbonyl (C=O) groups is 1. The van der Waals surface area contributed by atoms with Gasteiger partial charge >= 0.3 is 6.18 Å². The number of alkyl halides is 3. The molecule has 116 valence electrons. The summed E-state index contributed by atoms with van der Waals surface area (Å²) in [5, 5.41) is -0.233. The lowest BCUT2D eigenvalue weighted by atomic mass is 10.1. The smallest absolute Gasteiger partial charge is 0.369 e. The van der Waals surface area contributed by atoms with Crippen molar-refractivity contribution in [2.24, 2.45) is 0 Å². The molecule has 0 aliphatic rings. The van der Waals surface area contributed by atoms with Crippen molar-refractivity contribution in [2.75, 3.05) is 6.61 Å². The molecule has 2 aromatic rings. The first-order chi connectivity index (χ1) is 10.4. The molecule has 0 saturated carbocycles. The molecule has 2 aromatic carbocycles. The van der Waals surface area contributed by atoms with Crippen molar-refractivity contribution in [1.82, 2.24) is 0 Å². The Labute approximate surface area is 130 Å². The van der Waals surface area contributed by atoms with E-state index in [9.17, 15) is 18.0 Å². The number of halogens is 4. The Balaban J connectivity index is 1.98. The predicted molar refractivity (Wildman–Crippen MR) is 76.9 cm³/mol. The molecule has 0 fully saturated rings. The van der Waals surface area contributed by atoms with Crippen molar-refractivity contribution < 1.29 is 22.7 Å². The van der Waals surface area contributed by atoms with E-state index in [-0.39, 0.29) is 23.8 Å². The molecule has 0 aromatic heterocycles. The van der Waals surface area contributed by atoms with Crippen LogP contribution in [-0.2, 0) is 17.5 Å². The van der Waals surface area contributed by atoms with Crippen LogP contribution in [0.2, 0.25) is 5.02 Å². The third-order valence-electron chi connectivity index (χ3n) is 2.94. The fourth-order valence-corrected chi connectivity index (χ4v) is 2.12. The number of hydrogen-bond acceptors (Lipinski definition) is 2. The first-order valence-electron chi connectivity index (χ1n) is 6.39. The largest absolute Gasteiger partial charge is 0.416 e. The van der Waals surface area contributed by atoms with Crippen LogP contribution in [0, 0.1) is 0 Å². The van der Waals surface area contributed by atoms with E-state index in [0.717, 1.165) is 23.8 Å². The molecule has 0 aliphatic carbocycles. The molecule has 22 heavy (non-hydrogen) atoms. The van der Waals surface area contributed by atoms with Gasteiger partial charge in [-0.1, -0.05) is 41.9 Å². The van der Waals surface area contributed by atoms with Gasteiger partial charge in [-0.05, 0) is 23.8 Å². The second-order valence-electron chi connectivity index (χ2n) is 4.59. The Hall–Kier alpha value is -1.85. The minimum absolute atomic E-state index is 0.0164. The molecule has 0 aliphatic heterocycles. The molecule has 0 heterocycles. The highest BCUT2D eigenvalue weighted by molar-refractivity contribution is 6.34. The van der Waals surface area contributed by atoms with Gasteiger partial charge in [0, 0.05) is 5.56 Å². The Morgan fingerprint density at radius 1 is 1.09 bits per heavy atom. The number of rotatable bonds is 5. The van der Waals surface area contributed by atoms with E-state index in [4.69, 9.17) is 16.3 Å². The molecule has 6 heteroatoms. The zero-order valence-corrected chi connectivity index (χ0v) is 12.1. The van der Waals surface area contributed by atoms with Crippen LogP contribution in [-0.4, -0.2) is 12.4 Å². The highest BCUT2D eigenvalue weighted by Gasteiger charge is 2.31. The first-order valence-corrected chi connectivity index (χ1v) is 6.77. The van der Waals surface area contributed by atoms with E-state index in [1.165, 1.54) is 0 Å². The van der Waals surface area contributed by atoms with E-state index in [1.54, 1.807) is 0 Å². The summed E-state index contributed by atoms with van der Waals surface area (Å²) in [4.78, 5) is 11.9. The van der Waals surface area contributed by atoms with Gasteiger partial charge in [0.05, 0.1) is 17.2 Å². The van der Waals surface area contributed by atoms with Gasteiger partial charge in [-0.3, -0.25) is 4.79 Å². The van der Waals surface area contributed by atoms with Gasteiger partial charge in [0.1, 0.15) is 6.61 Å². The quantitative estimate of drug-likeness (QED) is 0.740. The maximum absolute atomic E-state index is 12.5. The van der Waals surface area contributed by atoms with Gasteiger partial charge in [-0.25, -0.2) is 0 Å². The summed E-state index contributed by atoms with van der Waals surface area (Å²) in [5.74, 6) is -0.463. The van der Waals surface area contributed by atoms with Crippen molar-refractivity contribution >= 4 is 17.4 Å². The standard InChI is InChI=1S/C16H12ClF3O2/c17-14-8-12(16(18,19)20)6-7-13(14)15(21)10-22-9-11-4-2-1-3-5-11/h1-8H,9-10H2. The highest BCUT2D eigenvalue weighted by Crippen LogP contribution is 2.32. The van der Waals surface area contributed by atoms with Gasteiger partial charge < -0.3 is 4.74 Å². The average Bonchev–Trinajstić information content (AvgIpc) is 2.47. The second kappa shape index (κ2) is 6.94. The minimum atomic E-state index is -4.49. The molecular formula is C16H12ClF3O2. The van der Waals surface area contributed by atoms with E-state index < -0.39 is 17.5 Å². The van der Waals surface area contributed by atoms with Crippen LogP contribution in [0.25, 0.3) is 0 Å². The maximum Gasteiger partial charge on any atom is 0.416 e. The average molecular weight is 329 g/mol. The molecule has 0 unspecified atom stereocenters. The van der Waals surface area contributed by atoms with E-state index in [2.05, 4.69) is 0 Å². The lowest BCUT2D eigenvalue weighted by Gasteiger charge is -2.09. The van der Waals surface area contributed by atoms with Gasteiger partial charge in [-0.15, -0.1) is 0 Å². The molecule has 0 spiro atoms. The van der Waals surface area contributed by atoms with Crippen LogP contribution in [0.1, 0.15) is 21.5 Å². The van der Waals surface area contributed by atoms with Crippen molar-refractivity contribution in [1.29, 1.82) is 0 Å². The summed E-state index contributed by atoms with van der Waals surface area (Å²) in [6.45, 7) is -0.00911. The number of ether oxygens (including phenoxy) is 1. The van der Waals surface area contributed by atoms with Crippen LogP contribution < -0.4 is 0 Å². The third-order valence-corrected chi connectivity index (χ3v) is 3.25. The summed E-state index contributed by atoms with van der Waals surface area (Å²) >= 11 is 5.75. The molecule has 2 nitrogen and oxygen atoms in total. The Kier molecular flexibility index (Phi) is 5.21. The van der Waals surface area contributed by atoms with Gasteiger partial charge in [0.2, 0.25) is 0 Å². The second-order valence-corrected chi connectivity index (χ2v) is 5.00. The topological polar surface area (TPSA) is 26.3 Å². The number of carbonyl (C=O) groups excluding carboxylic acids is 1. The minimum Gasteiger partial charge on any atom is -0.369 e. The summed E-state index contributed by atoms with van der Waals surface area (Å²) < 4.78 is 42.8. The van der Waals surface area contributed by atoms with Crippen molar-refractivity contribution in [3.05, 3.63) is 70.2 Å².